The van der Waals surface area contributed by atoms with Crippen LogP contribution in [0.2, 0.25) is 0 Å². The van der Waals surface area contributed by atoms with Crippen LogP contribution in [0, 0.1) is 6.92 Å². The molecule has 2 aromatic carbocycles. The molecule has 0 saturated heterocycles. The highest BCUT2D eigenvalue weighted by Crippen LogP contribution is 2.33. The molecule has 2 N–H and O–H groups in total. The van der Waals surface area contributed by atoms with Crippen LogP contribution in [0.3, 0.4) is 0 Å². The lowest BCUT2D eigenvalue weighted by Gasteiger charge is -2.08. The first-order valence-corrected chi connectivity index (χ1v) is 12.3. The van der Waals surface area contributed by atoms with E-state index in [1.165, 1.54) is 0 Å². The quantitative estimate of drug-likeness (QED) is 0.283. The van der Waals surface area contributed by atoms with Crippen LogP contribution in [0.4, 0.5) is 0 Å². The van der Waals surface area contributed by atoms with Crippen molar-refractivity contribution in [3.8, 4) is 34.1 Å². The lowest BCUT2D eigenvalue weighted by atomic mass is 10.0. The zero-order valence-electron chi connectivity index (χ0n) is 20.6. The van der Waals surface area contributed by atoms with Gasteiger partial charge in [-0.25, -0.2) is 9.97 Å². The van der Waals surface area contributed by atoms with Gasteiger partial charge >= 0.3 is 0 Å². The maximum atomic E-state index is 6.00. The molecule has 0 aliphatic rings. The van der Waals surface area contributed by atoms with E-state index in [1.807, 2.05) is 72.4 Å². The van der Waals surface area contributed by atoms with Crippen molar-refractivity contribution >= 4 is 21.8 Å². The van der Waals surface area contributed by atoms with Crippen molar-refractivity contribution in [2.75, 3.05) is 0 Å². The van der Waals surface area contributed by atoms with Crippen LogP contribution in [-0.2, 0) is 6.61 Å². The normalized spacial score (nSPS) is 11.4. The number of rotatable bonds is 6. The van der Waals surface area contributed by atoms with E-state index in [1.54, 1.807) is 18.7 Å². The third-order valence-corrected chi connectivity index (χ3v) is 6.60. The Labute approximate surface area is 218 Å². The SMILES string of the molecule is Cc1cn(-c2nccc3[nH]c(-c4n[nH]c5ccc(-c6cncc(OCc7ccccc7)c6)cc45)cc23)cn1. The van der Waals surface area contributed by atoms with Crippen LogP contribution < -0.4 is 4.74 Å². The molecule has 5 heterocycles. The molecule has 0 spiro atoms. The van der Waals surface area contributed by atoms with Gasteiger partial charge in [0.2, 0.25) is 0 Å². The van der Waals surface area contributed by atoms with Crippen LogP contribution in [0.25, 0.3) is 50.1 Å². The second-order valence-electron chi connectivity index (χ2n) is 9.22. The molecular formula is C30H23N7O. The molecule has 8 nitrogen and oxygen atoms in total. The van der Waals surface area contributed by atoms with Crippen molar-refractivity contribution in [2.24, 2.45) is 0 Å². The highest BCUT2D eigenvalue weighted by Gasteiger charge is 2.15. The van der Waals surface area contributed by atoms with Crippen LogP contribution in [0.1, 0.15) is 11.3 Å². The smallest absolute Gasteiger partial charge is 0.147 e. The third kappa shape index (κ3) is 3.98. The fourth-order valence-electron chi connectivity index (χ4n) is 4.70. The van der Waals surface area contributed by atoms with E-state index >= 15 is 0 Å². The minimum absolute atomic E-state index is 0.493. The van der Waals surface area contributed by atoms with E-state index in [2.05, 4.69) is 48.3 Å². The van der Waals surface area contributed by atoms with Gasteiger partial charge in [0.25, 0.3) is 0 Å². The monoisotopic (exact) mass is 497 g/mol. The Balaban J connectivity index is 1.24. The number of aromatic nitrogens is 7. The second-order valence-corrected chi connectivity index (χ2v) is 9.22. The topological polar surface area (TPSA) is 97.3 Å². The average Bonchev–Trinajstić information content (AvgIpc) is 3.70. The van der Waals surface area contributed by atoms with Crippen molar-refractivity contribution in [3.63, 3.8) is 0 Å². The number of H-pyrrole nitrogens is 2. The number of pyridine rings is 2. The van der Waals surface area contributed by atoms with E-state index in [0.717, 1.165) is 67.1 Å². The summed E-state index contributed by atoms with van der Waals surface area (Å²) in [5, 5.41) is 9.83. The van der Waals surface area contributed by atoms with Crippen molar-refractivity contribution in [3.05, 3.63) is 109 Å². The lowest BCUT2D eigenvalue weighted by molar-refractivity contribution is 0.305. The van der Waals surface area contributed by atoms with Crippen LogP contribution in [0.15, 0.2) is 97.8 Å². The van der Waals surface area contributed by atoms with Crippen LogP contribution in [0.5, 0.6) is 5.75 Å². The van der Waals surface area contributed by atoms with Gasteiger partial charge < -0.3 is 9.72 Å². The molecule has 0 bridgehead atoms. The third-order valence-electron chi connectivity index (χ3n) is 6.60. The number of imidazole rings is 1. The van der Waals surface area contributed by atoms with Crippen molar-refractivity contribution < 1.29 is 4.74 Å². The Hall–Kier alpha value is -5.24. The summed E-state index contributed by atoms with van der Waals surface area (Å²) in [7, 11) is 0. The predicted molar refractivity (Wildman–Crippen MR) is 147 cm³/mol. The van der Waals surface area contributed by atoms with Crippen LogP contribution >= 0.6 is 0 Å². The zero-order chi connectivity index (χ0) is 25.5. The fraction of sp³-hybridized carbons (Fsp3) is 0.0667. The summed E-state index contributed by atoms with van der Waals surface area (Å²) >= 11 is 0. The molecule has 0 radical (unpaired) electrons. The number of nitrogens with zero attached hydrogens (tertiary/aromatic N) is 5. The van der Waals surface area contributed by atoms with Gasteiger partial charge in [0, 0.05) is 34.9 Å². The minimum Gasteiger partial charge on any atom is -0.487 e. The molecule has 7 rings (SSSR count). The summed E-state index contributed by atoms with van der Waals surface area (Å²) < 4.78 is 7.94. The van der Waals surface area contributed by atoms with Crippen molar-refractivity contribution in [2.45, 2.75) is 13.5 Å². The Kier molecular flexibility index (Phi) is 5.21. The lowest BCUT2D eigenvalue weighted by Crippen LogP contribution is -1.95. The molecule has 0 atom stereocenters. The molecule has 0 aliphatic heterocycles. The number of aromatic amines is 2. The highest BCUT2D eigenvalue weighted by molar-refractivity contribution is 5.98. The van der Waals surface area contributed by atoms with E-state index in [0.29, 0.717) is 6.61 Å². The molecule has 0 saturated carbocycles. The molecule has 0 aliphatic carbocycles. The Morgan fingerprint density at radius 1 is 0.868 bits per heavy atom. The van der Waals surface area contributed by atoms with Crippen LogP contribution in [-0.4, -0.2) is 34.7 Å². The maximum absolute atomic E-state index is 6.00. The molecule has 0 amide bonds. The van der Waals surface area contributed by atoms with E-state index in [4.69, 9.17) is 4.74 Å². The minimum atomic E-state index is 0.493. The summed E-state index contributed by atoms with van der Waals surface area (Å²) in [6.45, 7) is 2.46. The molecule has 0 fully saturated rings. The zero-order valence-corrected chi connectivity index (χ0v) is 20.6. The first kappa shape index (κ1) is 22.0. The molecule has 8 heteroatoms. The molecule has 184 valence electrons. The summed E-state index contributed by atoms with van der Waals surface area (Å²) in [5.41, 5.74) is 7.75. The summed E-state index contributed by atoms with van der Waals surface area (Å²) in [6.07, 6.45) is 9.15. The van der Waals surface area contributed by atoms with E-state index in [9.17, 15) is 0 Å². The maximum Gasteiger partial charge on any atom is 0.147 e. The van der Waals surface area contributed by atoms with Gasteiger partial charge in [0.05, 0.1) is 28.6 Å². The molecule has 7 aromatic rings. The first-order valence-electron chi connectivity index (χ1n) is 12.3. The van der Waals surface area contributed by atoms with Crippen molar-refractivity contribution in [1.29, 1.82) is 0 Å². The van der Waals surface area contributed by atoms with Crippen molar-refractivity contribution in [1.82, 2.24) is 34.7 Å². The molecular weight excluding hydrogens is 474 g/mol. The molecule has 5 aromatic heterocycles. The van der Waals surface area contributed by atoms with Gasteiger partial charge in [-0.3, -0.25) is 14.6 Å². The number of hydrogen-bond acceptors (Lipinski definition) is 5. The number of benzene rings is 2. The first-order chi connectivity index (χ1) is 18.7. The Morgan fingerprint density at radius 2 is 1.79 bits per heavy atom. The van der Waals surface area contributed by atoms with Gasteiger partial charge in [-0.2, -0.15) is 5.10 Å². The van der Waals surface area contributed by atoms with E-state index in [-0.39, 0.29) is 0 Å². The number of hydrogen-bond donors (Lipinski definition) is 2. The number of nitrogens with one attached hydrogen (secondary N) is 2. The summed E-state index contributed by atoms with van der Waals surface area (Å²) in [4.78, 5) is 16.9. The van der Waals surface area contributed by atoms with Gasteiger partial charge in [0.1, 0.15) is 30.2 Å². The fourth-order valence-corrected chi connectivity index (χ4v) is 4.70. The molecule has 38 heavy (non-hydrogen) atoms. The largest absolute Gasteiger partial charge is 0.487 e. The van der Waals surface area contributed by atoms with Gasteiger partial charge in [-0.15, -0.1) is 0 Å². The highest BCUT2D eigenvalue weighted by atomic mass is 16.5. The number of fused-ring (bicyclic) bond motifs is 2. The standard InChI is InChI=1S/C30H23N7O/c1-19-16-37(18-33-19)30-25-13-28(34-26(25)9-10-32-30)29-24-12-21(7-8-27(24)35-36-29)22-11-23(15-31-14-22)38-17-20-5-3-2-4-6-20/h2-16,18,34H,17H2,1H3,(H,35,36). The Bertz CT molecular complexity index is 1900. The predicted octanol–water partition coefficient (Wildman–Crippen LogP) is 6.24. The number of aryl methyl sites for hydroxylation is 1. The van der Waals surface area contributed by atoms with E-state index < -0.39 is 0 Å². The summed E-state index contributed by atoms with van der Waals surface area (Å²) in [6, 6.07) is 22.4. The molecule has 0 unspecified atom stereocenters. The van der Waals surface area contributed by atoms with Gasteiger partial charge in [-0.05, 0) is 48.4 Å². The van der Waals surface area contributed by atoms with Gasteiger partial charge in [0.15, 0.2) is 0 Å². The Morgan fingerprint density at radius 3 is 2.66 bits per heavy atom. The summed E-state index contributed by atoms with van der Waals surface area (Å²) in [5.74, 6) is 1.55. The average molecular weight is 498 g/mol. The second kappa shape index (κ2) is 9.01. The number of ether oxygens (including phenoxy) is 1. The van der Waals surface area contributed by atoms with Gasteiger partial charge in [-0.1, -0.05) is 36.4 Å².